The molecule has 0 aromatic carbocycles. The van der Waals surface area contributed by atoms with Crippen LogP contribution in [0, 0.1) is 0 Å². The molecule has 1 fully saturated rings. The lowest BCUT2D eigenvalue weighted by Gasteiger charge is -2.23. The molecule has 0 spiro atoms. The Labute approximate surface area is 121 Å². The van der Waals surface area contributed by atoms with Crippen molar-refractivity contribution in [2.45, 2.75) is 45.6 Å². The molecule has 1 saturated heterocycles. The van der Waals surface area contributed by atoms with E-state index in [4.69, 9.17) is 0 Å². The molecular formula is C14H28N4O2. The molecule has 0 radical (unpaired) electrons. The fraction of sp³-hybridized carbons (Fsp3) is 0.857. The van der Waals surface area contributed by atoms with E-state index in [2.05, 4.69) is 27.8 Å². The van der Waals surface area contributed by atoms with Gasteiger partial charge in [0.2, 0.25) is 5.91 Å². The number of carbonyl (C=O) groups is 2. The smallest absolute Gasteiger partial charge is 0.321 e. The second kappa shape index (κ2) is 9.72. The first-order valence-corrected chi connectivity index (χ1v) is 7.69. The normalized spacial score (nSPS) is 18.2. The second-order valence-electron chi connectivity index (χ2n) is 5.28. The molecule has 0 aromatic heterocycles. The maximum absolute atomic E-state index is 11.8. The van der Waals surface area contributed by atoms with Gasteiger partial charge in [-0.1, -0.05) is 20.3 Å². The van der Waals surface area contributed by atoms with Gasteiger partial charge in [0.05, 0.1) is 6.54 Å². The molecular weight excluding hydrogens is 256 g/mol. The number of hydrogen-bond donors (Lipinski definition) is 3. The van der Waals surface area contributed by atoms with E-state index >= 15 is 0 Å². The van der Waals surface area contributed by atoms with Crippen LogP contribution < -0.4 is 16.0 Å². The second-order valence-corrected chi connectivity index (χ2v) is 5.28. The van der Waals surface area contributed by atoms with Gasteiger partial charge in [-0.3, -0.25) is 15.0 Å². The van der Waals surface area contributed by atoms with Crippen molar-refractivity contribution in [2.75, 3.05) is 32.7 Å². The molecule has 0 aromatic rings. The number of rotatable bonds is 8. The first kappa shape index (κ1) is 16.9. The standard InChI is InChI=1S/C14H28N4O2/c1-3-5-8-16-14(20)17-13(19)11-18(4-2)10-12-7-6-9-15-12/h12,15H,3-11H2,1-2H3,(H2,16,17,19,20). The van der Waals surface area contributed by atoms with E-state index in [1.54, 1.807) is 0 Å². The average Bonchev–Trinajstić information content (AvgIpc) is 2.91. The number of nitrogens with zero attached hydrogens (tertiary/aromatic N) is 1. The van der Waals surface area contributed by atoms with Crippen molar-refractivity contribution in [2.24, 2.45) is 0 Å². The maximum atomic E-state index is 11.8. The minimum atomic E-state index is -0.390. The molecule has 1 atom stereocenters. The summed E-state index contributed by atoms with van der Waals surface area (Å²) in [6, 6.07) is 0.0830. The van der Waals surface area contributed by atoms with Gasteiger partial charge in [0, 0.05) is 19.1 Å². The van der Waals surface area contributed by atoms with Crippen molar-refractivity contribution in [3.05, 3.63) is 0 Å². The molecule has 1 aliphatic rings. The van der Waals surface area contributed by atoms with Crippen molar-refractivity contribution in [3.8, 4) is 0 Å². The molecule has 6 nitrogen and oxygen atoms in total. The molecule has 1 rings (SSSR count). The monoisotopic (exact) mass is 284 g/mol. The van der Waals surface area contributed by atoms with Gasteiger partial charge in [-0.05, 0) is 32.4 Å². The number of nitrogens with one attached hydrogen (secondary N) is 3. The van der Waals surface area contributed by atoms with Gasteiger partial charge in [0.15, 0.2) is 0 Å². The molecule has 0 bridgehead atoms. The number of hydrogen-bond acceptors (Lipinski definition) is 4. The Balaban J connectivity index is 2.22. The van der Waals surface area contributed by atoms with Crippen LogP contribution >= 0.6 is 0 Å². The maximum Gasteiger partial charge on any atom is 0.321 e. The van der Waals surface area contributed by atoms with E-state index in [-0.39, 0.29) is 12.5 Å². The number of imide groups is 1. The number of urea groups is 1. The molecule has 3 N–H and O–H groups in total. The Morgan fingerprint density at radius 3 is 2.75 bits per heavy atom. The van der Waals surface area contributed by atoms with Crippen LogP contribution in [0.25, 0.3) is 0 Å². The van der Waals surface area contributed by atoms with Gasteiger partial charge < -0.3 is 10.6 Å². The molecule has 0 saturated carbocycles. The van der Waals surface area contributed by atoms with Gasteiger partial charge in [-0.2, -0.15) is 0 Å². The van der Waals surface area contributed by atoms with E-state index in [0.29, 0.717) is 12.6 Å². The van der Waals surface area contributed by atoms with Crippen LogP contribution in [0.4, 0.5) is 4.79 Å². The largest absolute Gasteiger partial charge is 0.338 e. The summed E-state index contributed by atoms with van der Waals surface area (Å²) in [4.78, 5) is 25.3. The van der Waals surface area contributed by atoms with Gasteiger partial charge in [0.1, 0.15) is 0 Å². The Bertz CT molecular complexity index is 304. The van der Waals surface area contributed by atoms with Gasteiger partial charge in [-0.15, -0.1) is 0 Å². The molecule has 20 heavy (non-hydrogen) atoms. The zero-order valence-electron chi connectivity index (χ0n) is 12.7. The van der Waals surface area contributed by atoms with Crippen LogP contribution in [0.15, 0.2) is 0 Å². The summed E-state index contributed by atoms with van der Waals surface area (Å²) in [6.07, 6.45) is 4.31. The average molecular weight is 284 g/mol. The summed E-state index contributed by atoms with van der Waals surface area (Å²) in [7, 11) is 0. The number of carbonyl (C=O) groups excluding carboxylic acids is 2. The van der Waals surface area contributed by atoms with Crippen LogP contribution in [0.3, 0.4) is 0 Å². The Morgan fingerprint density at radius 2 is 2.15 bits per heavy atom. The van der Waals surface area contributed by atoms with Crippen molar-refractivity contribution < 1.29 is 9.59 Å². The molecule has 6 heteroatoms. The van der Waals surface area contributed by atoms with Crippen LogP contribution in [0.5, 0.6) is 0 Å². The third-order valence-corrected chi connectivity index (χ3v) is 3.52. The van der Waals surface area contributed by atoms with Crippen LogP contribution in [-0.4, -0.2) is 55.6 Å². The van der Waals surface area contributed by atoms with E-state index in [1.165, 1.54) is 6.42 Å². The third kappa shape index (κ3) is 6.86. The fourth-order valence-electron chi connectivity index (χ4n) is 2.32. The number of amides is 3. The molecule has 3 amide bonds. The molecule has 1 heterocycles. The molecule has 1 aliphatic heterocycles. The molecule has 116 valence electrons. The highest BCUT2D eigenvalue weighted by Gasteiger charge is 2.19. The Hall–Kier alpha value is -1.14. The van der Waals surface area contributed by atoms with E-state index < -0.39 is 6.03 Å². The highest BCUT2D eigenvalue weighted by molar-refractivity contribution is 5.95. The summed E-state index contributed by atoms with van der Waals surface area (Å²) in [6.45, 7) is 7.71. The third-order valence-electron chi connectivity index (χ3n) is 3.52. The van der Waals surface area contributed by atoms with E-state index in [9.17, 15) is 9.59 Å². The van der Waals surface area contributed by atoms with Crippen molar-refractivity contribution in [1.82, 2.24) is 20.9 Å². The number of likely N-dealkylation sites (N-methyl/N-ethyl adjacent to an activating group) is 1. The Morgan fingerprint density at radius 1 is 1.35 bits per heavy atom. The first-order valence-electron chi connectivity index (χ1n) is 7.69. The zero-order chi connectivity index (χ0) is 14.8. The lowest BCUT2D eigenvalue weighted by Crippen LogP contribution is -2.47. The minimum absolute atomic E-state index is 0.237. The predicted octanol–water partition coefficient (Wildman–Crippen LogP) is 0.686. The van der Waals surface area contributed by atoms with Gasteiger partial charge >= 0.3 is 6.03 Å². The lowest BCUT2D eigenvalue weighted by atomic mass is 10.2. The van der Waals surface area contributed by atoms with Crippen molar-refractivity contribution in [3.63, 3.8) is 0 Å². The Kier molecular flexibility index (Phi) is 8.22. The quantitative estimate of drug-likeness (QED) is 0.573. The summed E-state index contributed by atoms with van der Waals surface area (Å²) >= 11 is 0. The van der Waals surface area contributed by atoms with Crippen LogP contribution in [0.2, 0.25) is 0 Å². The molecule has 0 aliphatic carbocycles. The zero-order valence-corrected chi connectivity index (χ0v) is 12.7. The van der Waals surface area contributed by atoms with Gasteiger partial charge in [0.25, 0.3) is 0 Å². The summed E-state index contributed by atoms with van der Waals surface area (Å²) < 4.78 is 0. The topological polar surface area (TPSA) is 73.5 Å². The minimum Gasteiger partial charge on any atom is -0.338 e. The highest BCUT2D eigenvalue weighted by atomic mass is 16.2. The SMILES string of the molecule is CCCCNC(=O)NC(=O)CN(CC)CC1CCCN1. The van der Waals surface area contributed by atoms with Crippen LogP contribution in [-0.2, 0) is 4.79 Å². The highest BCUT2D eigenvalue weighted by Crippen LogP contribution is 2.06. The van der Waals surface area contributed by atoms with E-state index in [0.717, 1.165) is 38.9 Å². The lowest BCUT2D eigenvalue weighted by molar-refractivity contribution is -0.121. The van der Waals surface area contributed by atoms with Crippen LogP contribution in [0.1, 0.15) is 39.5 Å². The summed E-state index contributed by atoms with van der Waals surface area (Å²) in [5.74, 6) is -0.237. The first-order chi connectivity index (χ1) is 9.65. The molecule has 1 unspecified atom stereocenters. The van der Waals surface area contributed by atoms with Crippen molar-refractivity contribution in [1.29, 1.82) is 0 Å². The summed E-state index contributed by atoms with van der Waals surface area (Å²) in [5, 5.41) is 8.47. The predicted molar refractivity (Wildman–Crippen MR) is 79.6 cm³/mol. The van der Waals surface area contributed by atoms with Gasteiger partial charge in [-0.25, -0.2) is 4.79 Å². The van der Waals surface area contributed by atoms with E-state index in [1.807, 2.05) is 6.92 Å². The van der Waals surface area contributed by atoms with Crippen molar-refractivity contribution >= 4 is 11.9 Å². The summed E-state index contributed by atoms with van der Waals surface area (Å²) in [5.41, 5.74) is 0. The number of unbranched alkanes of at least 4 members (excludes halogenated alkanes) is 1. The fourth-order valence-corrected chi connectivity index (χ4v) is 2.32.